The van der Waals surface area contributed by atoms with Gasteiger partial charge in [0.25, 0.3) is 0 Å². The molecule has 4 aromatic rings. The van der Waals surface area contributed by atoms with E-state index in [1.165, 1.54) is 6.26 Å². The van der Waals surface area contributed by atoms with Gasteiger partial charge in [0.2, 0.25) is 10.0 Å². The molecule has 9 nitrogen and oxygen atoms in total. The largest absolute Gasteiger partial charge is 0.368 e. The van der Waals surface area contributed by atoms with E-state index < -0.39 is 10.0 Å². The summed E-state index contributed by atoms with van der Waals surface area (Å²) in [5, 5.41) is 7.96. The monoisotopic (exact) mass is 503 g/mol. The van der Waals surface area contributed by atoms with Crippen molar-refractivity contribution in [3.8, 4) is 11.1 Å². The van der Waals surface area contributed by atoms with Gasteiger partial charge in [-0.2, -0.15) is 5.10 Å². The van der Waals surface area contributed by atoms with E-state index in [-0.39, 0.29) is 0 Å². The van der Waals surface area contributed by atoms with Crippen LogP contribution in [0.3, 0.4) is 0 Å². The predicted octanol–water partition coefficient (Wildman–Crippen LogP) is 3.52. The Bertz CT molecular complexity index is 1480. The number of benzene rings is 2. The quantitative estimate of drug-likeness (QED) is 0.412. The molecule has 6 rings (SSSR count). The maximum Gasteiger partial charge on any atom is 0.232 e. The zero-order valence-corrected chi connectivity index (χ0v) is 21.0. The molecule has 3 heterocycles. The molecular formula is C26H29N7O2S. The summed E-state index contributed by atoms with van der Waals surface area (Å²) in [6, 6.07) is 14.1. The van der Waals surface area contributed by atoms with Crippen LogP contribution in [0.25, 0.3) is 22.0 Å². The maximum atomic E-state index is 12.5. The molecule has 1 aliphatic carbocycles. The number of hydrogen-bond donors (Lipinski definition) is 1. The molecule has 36 heavy (non-hydrogen) atoms. The zero-order chi connectivity index (χ0) is 24.7. The first-order chi connectivity index (χ1) is 17.5. The summed E-state index contributed by atoms with van der Waals surface area (Å²) >= 11 is 0. The van der Waals surface area contributed by atoms with Crippen LogP contribution in [0.2, 0.25) is 0 Å². The molecule has 2 fully saturated rings. The van der Waals surface area contributed by atoms with Crippen LogP contribution < -0.4 is 14.1 Å². The van der Waals surface area contributed by atoms with Gasteiger partial charge in [-0.25, -0.2) is 18.4 Å². The van der Waals surface area contributed by atoms with Crippen LogP contribution >= 0.6 is 0 Å². The second kappa shape index (κ2) is 9.09. The third kappa shape index (κ3) is 4.60. The summed E-state index contributed by atoms with van der Waals surface area (Å²) in [5.41, 5.74) is 4.81. The molecule has 1 saturated carbocycles. The average Bonchev–Trinajstić information content (AvgIpc) is 3.55. The Balaban J connectivity index is 1.22. The SMILES string of the molecule is CS(=O)(=O)N(CC1CC1)c1cccc(N2CCN(c3ncnc4ccc(-c5cn[nH]c5)cc34)CC2)c1. The Morgan fingerprint density at radius 1 is 1.00 bits per heavy atom. The van der Waals surface area contributed by atoms with Crippen molar-refractivity contribution in [2.45, 2.75) is 12.8 Å². The molecular weight excluding hydrogens is 474 g/mol. The van der Waals surface area contributed by atoms with Gasteiger partial charge in [0.05, 0.1) is 23.7 Å². The average molecular weight is 504 g/mol. The maximum absolute atomic E-state index is 12.5. The third-order valence-electron chi connectivity index (χ3n) is 7.03. The van der Waals surface area contributed by atoms with Crippen molar-refractivity contribution >= 4 is 38.1 Å². The van der Waals surface area contributed by atoms with Gasteiger partial charge in [0, 0.05) is 55.6 Å². The molecule has 1 aliphatic heterocycles. The second-order valence-corrected chi connectivity index (χ2v) is 11.6. The summed E-state index contributed by atoms with van der Waals surface area (Å²) in [6.07, 6.45) is 8.83. The topological polar surface area (TPSA) is 98.3 Å². The molecule has 0 spiro atoms. The minimum absolute atomic E-state index is 0.476. The molecule has 0 bridgehead atoms. The van der Waals surface area contributed by atoms with Gasteiger partial charge in [0.15, 0.2) is 0 Å². The van der Waals surface area contributed by atoms with Crippen LogP contribution in [0.15, 0.2) is 61.2 Å². The van der Waals surface area contributed by atoms with Gasteiger partial charge in [-0.15, -0.1) is 0 Å². The molecule has 1 saturated heterocycles. The van der Waals surface area contributed by atoms with Crippen LogP contribution in [-0.4, -0.2) is 67.6 Å². The molecule has 2 aliphatic rings. The Hall–Kier alpha value is -3.66. The number of hydrogen-bond acceptors (Lipinski definition) is 7. The molecule has 0 radical (unpaired) electrons. The van der Waals surface area contributed by atoms with Gasteiger partial charge in [-0.05, 0) is 54.7 Å². The lowest BCUT2D eigenvalue weighted by atomic mass is 10.1. The van der Waals surface area contributed by atoms with E-state index in [2.05, 4.69) is 48.2 Å². The highest BCUT2D eigenvalue weighted by Gasteiger charge is 2.29. The predicted molar refractivity (Wildman–Crippen MR) is 143 cm³/mol. The van der Waals surface area contributed by atoms with Gasteiger partial charge < -0.3 is 9.80 Å². The molecule has 0 amide bonds. The Kier molecular flexibility index (Phi) is 5.75. The van der Waals surface area contributed by atoms with E-state index in [1.807, 2.05) is 36.7 Å². The first-order valence-electron chi connectivity index (χ1n) is 12.3. The van der Waals surface area contributed by atoms with E-state index in [9.17, 15) is 8.42 Å². The summed E-state index contributed by atoms with van der Waals surface area (Å²) in [5.74, 6) is 1.41. The number of H-pyrrole nitrogens is 1. The smallest absolute Gasteiger partial charge is 0.232 e. The van der Waals surface area contributed by atoms with E-state index >= 15 is 0 Å². The van der Waals surface area contributed by atoms with Crippen molar-refractivity contribution in [1.29, 1.82) is 0 Å². The summed E-state index contributed by atoms with van der Waals surface area (Å²) in [4.78, 5) is 13.7. The van der Waals surface area contributed by atoms with Crippen LogP contribution in [-0.2, 0) is 10.0 Å². The zero-order valence-electron chi connectivity index (χ0n) is 20.2. The lowest BCUT2D eigenvalue weighted by molar-refractivity contribution is 0.594. The number of rotatable bonds is 7. The lowest BCUT2D eigenvalue weighted by Crippen LogP contribution is -2.47. The van der Waals surface area contributed by atoms with Crippen LogP contribution in [0, 0.1) is 5.92 Å². The first kappa shape index (κ1) is 22.8. The fourth-order valence-electron chi connectivity index (χ4n) is 4.87. The summed E-state index contributed by atoms with van der Waals surface area (Å²) in [6.45, 7) is 3.82. The van der Waals surface area contributed by atoms with Crippen LogP contribution in [0.4, 0.5) is 17.2 Å². The Morgan fingerprint density at radius 3 is 2.53 bits per heavy atom. The van der Waals surface area contributed by atoms with E-state index in [0.717, 1.165) is 78.2 Å². The number of piperazine rings is 1. The van der Waals surface area contributed by atoms with E-state index in [0.29, 0.717) is 12.5 Å². The van der Waals surface area contributed by atoms with Gasteiger partial charge in [-0.3, -0.25) is 9.40 Å². The van der Waals surface area contributed by atoms with Crippen LogP contribution in [0.1, 0.15) is 12.8 Å². The number of aromatic amines is 1. The summed E-state index contributed by atoms with van der Waals surface area (Å²) < 4.78 is 26.5. The Labute approximate surface area is 210 Å². The number of nitrogens with one attached hydrogen (secondary N) is 1. The molecule has 186 valence electrons. The summed E-state index contributed by atoms with van der Waals surface area (Å²) in [7, 11) is -3.32. The molecule has 2 aromatic carbocycles. The highest BCUT2D eigenvalue weighted by Crippen LogP contribution is 2.34. The van der Waals surface area contributed by atoms with E-state index in [4.69, 9.17) is 0 Å². The number of sulfonamides is 1. The second-order valence-electron chi connectivity index (χ2n) is 9.65. The van der Waals surface area contributed by atoms with Crippen molar-refractivity contribution in [3.05, 3.63) is 61.2 Å². The normalized spacial score (nSPS) is 16.5. The standard InChI is InChI=1S/C26H29N7O2S/c1-36(34,35)33(17-19-5-6-19)23-4-2-3-22(14-23)31-9-11-32(12-10-31)26-24-13-20(21-15-29-30-16-21)7-8-25(24)27-18-28-26/h2-4,7-8,13-16,18-19H,5-6,9-12,17H2,1H3,(H,29,30). The fraction of sp³-hybridized carbons (Fsp3) is 0.346. The van der Waals surface area contributed by atoms with Crippen LogP contribution in [0.5, 0.6) is 0 Å². The minimum atomic E-state index is -3.32. The number of fused-ring (bicyclic) bond motifs is 1. The molecule has 10 heteroatoms. The number of nitrogens with zero attached hydrogens (tertiary/aromatic N) is 6. The Morgan fingerprint density at radius 2 is 1.81 bits per heavy atom. The number of aromatic nitrogens is 4. The third-order valence-corrected chi connectivity index (χ3v) is 8.19. The van der Waals surface area contributed by atoms with Crippen molar-refractivity contribution in [3.63, 3.8) is 0 Å². The molecule has 2 aromatic heterocycles. The highest BCUT2D eigenvalue weighted by molar-refractivity contribution is 7.92. The van der Waals surface area contributed by atoms with Crippen molar-refractivity contribution in [2.24, 2.45) is 5.92 Å². The van der Waals surface area contributed by atoms with Gasteiger partial charge in [0.1, 0.15) is 12.1 Å². The highest BCUT2D eigenvalue weighted by atomic mass is 32.2. The van der Waals surface area contributed by atoms with Gasteiger partial charge in [-0.1, -0.05) is 12.1 Å². The fourth-order valence-corrected chi connectivity index (χ4v) is 5.85. The molecule has 0 unspecified atom stereocenters. The first-order valence-corrected chi connectivity index (χ1v) is 14.1. The van der Waals surface area contributed by atoms with Gasteiger partial charge >= 0.3 is 0 Å². The molecule has 1 N–H and O–H groups in total. The van der Waals surface area contributed by atoms with Crippen molar-refractivity contribution < 1.29 is 8.42 Å². The van der Waals surface area contributed by atoms with Crippen molar-refractivity contribution in [2.75, 3.05) is 53.1 Å². The lowest BCUT2D eigenvalue weighted by Gasteiger charge is -2.37. The van der Waals surface area contributed by atoms with Crippen molar-refractivity contribution in [1.82, 2.24) is 20.2 Å². The van der Waals surface area contributed by atoms with E-state index in [1.54, 1.807) is 10.6 Å². The molecule has 0 atom stereocenters. The number of anilines is 3. The minimum Gasteiger partial charge on any atom is -0.368 e.